The molecule has 1 aliphatic rings. The molecule has 3 heterocycles. The molecule has 3 aromatic rings. The number of nitrogens with zero attached hydrogens (tertiary/aromatic N) is 4. The van der Waals surface area contributed by atoms with Crippen LogP contribution in [0.3, 0.4) is 0 Å². The van der Waals surface area contributed by atoms with Gasteiger partial charge in [0.2, 0.25) is 11.8 Å². The lowest BCUT2D eigenvalue weighted by atomic mass is 10.2. The molecule has 0 spiro atoms. The van der Waals surface area contributed by atoms with E-state index in [1.165, 1.54) is 0 Å². The summed E-state index contributed by atoms with van der Waals surface area (Å²) in [5.41, 5.74) is 7.17. The second-order valence-corrected chi connectivity index (χ2v) is 7.47. The van der Waals surface area contributed by atoms with E-state index in [0.717, 1.165) is 51.4 Å². The van der Waals surface area contributed by atoms with Gasteiger partial charge < -0.3 is 25.8 Å². The number of nitrogens with one attached hydrogen (secondary N) is 2. The lowest BCUT2D eigenvalue weighted by Crippen LogP contribution is -2.37. The lowest BCUT2D eigenvalue weighted by molar-refractivity contribution is 0.0378. The van der Waals surface area contributed by atoms with Gasteiger partial charge in [0, 0.05) is 37.7 Å². The Morgan fingerprint density at radius 2 is 1.91 bits per heavy atom. The van der Waals surface area contributed by atoms with Crippen molar-refractivity contribution in [3.63, 3.8) is 0 Å². The number of morpholine rings is 1. The molecule has 0 aliphatic carbocycles. The number of hydrogen-bond donors (Lipinski definition) is 3. The molecule has 0 radical (unpaired) electrons. The number of pyridine rings is 1. The van der Waals surface area contributed by atoms with Crippen molar-refractivity contribution in [3.8, 4) is 22.9 Å². The van der Waals surface area contributed by atoms with E-state index in [9.17, 15) is 4.79 Å². The van der Waals surface area contributed by atoms with Crippen molar-refractivity contribution < 1.29 is 14.3 Å². The van der Waals surface area contributed by atoms with Crippen molar-refractivity contribution >= 4 is 17.7 Å². The molecule has 4 N–H and O–H groups in total. The van der Waals surface area contributed by atoms with E-state index in [1.807, 2.05) is 18.2 Å². The lowest BCUT2D eigenvalue weighted by Gasteiger charge is -2.26. The second-order valence-electron chi connectivity index (χ2n) is 7.47. The number of benzene rings is 1. The van der Waals surface area contributed by atoms with Gasteiger partial charge in [-0.05, 0) is 55.4 Å². The number of ether oxygens (including phenoxy) is 2. The fraction of sp³-hybridized carbons (Fsp3) is 0.304. The normalized spacial score (nSPS) is 13.9. The molecule has 1 aromatic carbocycles. The topological polar surface area (TPSA) is 128 Å². The molecule has 2 aromatic heterocycles. The van der Waals surface area contributed by atoms with Crippen LogP contribution in [0.4, 0.5) is 16.4 Å². The molecule has 1 saturated heterocycles. The summed E-state index contributed by atoms with van der Waals surface area (Å²) in [6.07, 6.45) is 4.37. The molecule has 2 amide bonds. The van der Waals surface area contributed by atoms with E-state index < -0.39 is 6.03 Å². The first kappa shape index (κ1) is 22.4. The summed E-state index contributed by atoms with van der Waals surface area (Å²) in [5, 5.41) is 5.81. The molecule has 10 nitrogen and oxygen atoms in total. The molecule has 33 heavy (non-hydrogen) atoms. The summed E-state index contributed by atoms with van der Waals surface area (Å²) in [7, 11) is 0. The number of carbonyl (C=O) groups is 1. The molecule has 1 aliphatic heterocycles. The SMILES string of the molecule is NC(=O)Nc1ccc(Oc2ncccc2-c2ccnc(NCCCN3CCOCC3)n2)cc1. The zero-order valence-electron chi connectivity index (χ0n) is 18.2. The van der Waals surface area contributed by atoms with Crippen LogP contribution in [-0.2, 0) is 4.74 Å². The van der Waals surface area contributed by atoms with Gasteiger partial charge in [-0.25, -0.2) is 19.7 Å². The van der Waals surface area contributed by atoms with Gasteiger partial charge in [-0.3, -0.25) is 4.90 Å². The molecule has 0 bridgehead atoms. The standard InChI is InChI=1S/C23H27N7O3/c24-22(31)28-17-4-6-18(7-5-17)33-21-19(3-1-9-25-21)20-8-11-27-23(29-20)26-10-2-12-30-13-15-32-16-14-30/h1,3-9,11H,2,10,12-16H2,(H3,24,28,31)(H,26,27,29). The van der Waals surface area contributed by atoms with Gasteiger partial charge in [-0.2, -0.15) is 0 Å². The Labute approximate surface area is 192 Å². The van der Waals surface area contributed by atoms with E-state index in [2.05, 4.69) is 30.5 Å². The molecular weight excluding hydrogens is 422 g/mol. The van der Waals surface area contributed by atoms with Crippen LogP contribution < -0.4 is 21.1 Å². The zero-order valence-corrected chi connectivity index (χ0v) is 18.2. The Hall–Kier alpha value is -3.76. The molecule has 0 unspecified atom stereocenters. The Morgan fingerprint density at radius 3 is 2.70 bits per heavy atom. The maximum Gasteiger partial charge on any atom is 0.316 e. The molecule has 0 saturated carbocycles. The summed E-state index contributed by atoms with van der Waals surface area (Å²) < 4.78 is 11.4. The summed E-state index contributed by atoms with van der Waals surface area (Å²) in [6, 6.07) is 11.8. The number of carbonyl (C=O) groups excluding carboxylic acids is 1. The van der Waals surface area contributed by atoms with Gasteiger partial charge >= 0.3 is 6.03 Å². The highest BCUT2D eigenvalue weighted by Gasteiger charge is 2.12. The number of aromatic nitrogens is 3. The molecular formula is C23H27N7O3. The highest BCUT2D eigenvalue weighted by molar-refractivity contribution is 5.87. The average Bonchev–Trinajstić information content (AvgIpc) is 2.84. The number of hydrogen-bond acceptors (Lipinski definition) is 8. The quantitative estimate of drug-likeness (QED) is 0.426. The minimum absolute atomic E-state index is 0.421. The summed E-state index contributed by atoms with van der Waals surface area (Å²) in [5.74, 6) is 1.55. The van der Waals surface area contributed by atoms with Crippen molar-refractivity contribution in [2.75, 3.05) is 50.0 Å². The van der Waals surface area contributed by atoms with E-state index >= 15 is 0 Å². The van der Waals surface area contributed by atoms with Crippen LogP contribution in [0.5, 0.6) is 11.6 Å². The van der Waals surface area contributed by atoms with Gasteiger partial charge in [0.25, 0.3) is 0 Å². The second kappa shape index (κ2) is 11.2. The molecule has 4 rings (SSSR count). The van der Waals surface area contributed by atoms with Crippen LogP contribution in [0.25, 0.3) is 11.3 Å². The van der Waals surface area contributed by atoms with Gasteiger partial charge in [0.05, 0.1) is 24.5 Å². The van der Waals surface area contributed by atoms with Crippen LogP contribution >= 0.6 is 0 Å². The third-order valence-corrected chi connectivity index (χ3v) is 5.08. The third kappa shape index (κ3) is 6.61. The number of nitrogens with two attached hydrogens (primary N) is 1. The Bertz CT molecular complexity index is 1060. The Balaban J connectivity index is 1.39. The summed E-state index contributed by atoms with van der Waals surface area (Å²) in [6.45, 7) is 5.39. The largest absolute Gasteiger partial charge is 0.438 e. The maximum absolute atomic E-state index is 11.0. The summed E-state index contributed by atoms with van der Waals surface area (Å²) >= 11 is 0. The number of amides is 2. The molecule has 0 atom stereocenters. The minimum atomic E-state index is -0.620. The average molecular weight is 450 g/mol. The number of rotatable bonds is 9. The van der Waals surface area contributed by atoms with Crippen molar-refractivity contribution in [3.05, 3.63) is 54.9 Å². The van der Waals surface area contributed by atoms with E-state index in [4.69, 9.17) is 15.2 Å². The Kier molecular flexibility index (Phi) is 7.62. The number of anilines is 2. The van der Waals surface area contributed by atoms with Crippen LogP contribution in [0.15, 0.2) is 54.9 Å². The summed E-state index contributed by atoms with van der Waals surface area (Å²) in [4.78, 5) is 26.7. The number of primary amides is 1. The highest BCUT2D eigenvalue weighted by atomic mass is 16.5. The first-order chi connectivity index (χ1) is 16.2. The molecule has 172 valence electrons. The van der Waals surface area contributed by atoms with Gasteiger partial charge in [-0.1, -0.05) is 0 Å². The first-order valence-corrected chi connectivity index (χ1v) is 10.8. The van der Waals surface area contributed by atoms with Crippen molar-refractivity contribution in [2.24, 2.45) is 5.73 Å². The first-order valence-electron chi connectivity index (χ1n) is 10.8. The van der Waals surface area contributed by atoms with Crippen LogP contribution in [0, 0.1) is 0 Å². The van der Waals surface area contributed by atoms with Crippen LogP contribution in [0.2, 0.25) is 0 Å². The minimum Gasteiger partial charge on any atom is -0.438 e. The predicted molar refractivity (Wildman–Crippen MR) is 125 cm³/mol. The maximum atomic E-state index is 11.0. The van der Waals surface area contributed by atoms with E-state index in [0.29, 0.717) is 29.0 Å². The van der Waals surface area contributed by atoms with Gasteiger partial charge in [0.1, 0.15) is 5.75 Å². The fourth-order valence-corrected chi connectivity index (χ4v) is 3.45. The smallest absolute Gasteiger partial charge is 0.316 e. The van der Waals surface area contributed by atoms with Crippen molar-refractivity contribution in [1.29, 1.82) is 0 Å². The van der Waals surface area contributed by atoms with Crippen LogP contribution in [-0.4, -0.2) is 65.3 Å². The predicted octanol–water partition coefficient (Wildman–Crippen LogP) is 2.96. The van der Waals surface area contributed by atoms with Crippen LogP contribution in [0.1, 0.15) is 6.42 Å². The molecule has 10 heteroatoms. The third-order valence-electron chi connectivity index (χ3n) is 5.08. The van der Waals surface area contributed by atoms with E-state index in [1.54, 1.807) is 36.7 Å². The highest BCUT2D eigenvalue weighted by Crippen LogP contribution is 2.30. The van der Waals surface area contributed by atoms with Crippen molar-refractivity contribution in [1.82, 2.24) is 19.9 Å². The van der Waals surface area contributed by atoms with E-state index in [-0.39, 0.29) is 0 Å². The monoisotopic (exact) mass is 449 g/mol. The van der Waals surface area contributed by atoms with Crippen molar-refractivity contribution in [2.45, 2.75) is 6.42 Å². The Morgan fingerprint density at radius 1 is 1.09 bits per heavy atom. The number of urea groups is 1. The zero-order chi connectivity index (χ0) is 22.9. The van der Waals surface area contributed by atoms with Gasteiger partial charge in [0.15, 0.2) is 0 Å². The fourth-order valence-electron chi connectivity index (χ4n) is 3.45. The molecule has 1 fully saturated rings. The van der Waals surface area contributed by atoms with Gasteiger partial charge in [-0.15, -0.1) is 0 Å².